The zero-order chi connectivity index (χ0) is 18.8. The number of nitrogens with zero attached hydrogens (tertiary/aromatic N) is 1. The van der Waals surface area contributed by atoms with Crippen molar-refractivity contribution < 1.29 is 23.9 Å². The van der Waals surface area contributed by atoms with Gasteiger partial charge in [-0.3, -0.25) is 14.9 Å². The van der Waals surface area contributed by atoms with Gasteiger partial charge in [-0.2, -0.15) is 0 Å². The second-order valence-electron chi connectivity index (χ2n) is 5.50. The number of benzene rings is 2. The number of nitrogens with one attached hydrogen (secondary N) is 2. The van der Waals surface area contributed by atoms with Crippen LogP contribution in [0.4, 0.5) is 11.4 Å². The lowest BCUT2D eigenvalue weighted by Crippen LogP contribution is -2.38. The number of fused-ring (bicyclic) bond motifs is 1. The summed E-state index contributed by atoms with van der Waals surface area (Å²) in [6, 6.07) is 7.53. The predicted molar refractivity (Wildman–Crippen MR) is 93.0 cm³/mol. The van der Waals surface area contributed by atoms with Crippen molar-refractivity contribution in [2.24, 2.45) is 0 Å². The normalized spacial score (nSPS) is 15.3. The van der Waals surface area contributed by atoms with Gasteiger partial charge in [0.2, 0.25) is 5.75 Å². The van der Waals surface area contributed by atoms with Crippen LogP contribution in [0.2, 0.25) is 0 Å². The quantitative estimate of drug-likeness (QED) is 0.623. The van der Waals surface area contributed by atoms with Crippen molar-refractivity contribution in [3.8, 4) is 17.2 Å². The van der Waals surface area contributed by atoms with Crippen molar-refractivity contribution in [3.63, 3.8) is 0 Å². The fraction of sp³-hybridized carbons (Fsp3) is 0.235. The first kappa shape index (κ1) is 17.3. The number of non-ortho nitro benzene ring substituents is 1. The van der Waals surface area contributed by atoms with Gasteiger partial charge in [-0.05, 0) is 18.2 Å². The van der Waals surface area contributed by atoms with Crippen LogP contribution in [0.25, 0.3) is 0 Å². The third kappa shape index (κ3) is 2.94. The molecule has 1 atom stereocenters. The fourth-order valence-corrected chi connectivity index (χ4v) is 2.79. The van der Waals surface area contributed by atoms with Gasteiger partial charge in [-0.15, -0.1) is 0 Å². The molecule has 9 nitrogen and oxygen atoms in total. The summed E-state index contributed by atoms with van der Waals surface area (Å²) in [5.41, 5.74) is 1.24. The summed E-state index contributed by atoms with van der Waals surface area (Å²) >= 11 is 0. The Kier molecular flexibility index (Phi) is 4.53. The zero-order valence-electron chi connectivity index (χ0n) is 14.4. The Bertz CT molecular complexity index is 858. The molecule has 1 heterocycles. The molecule has 9 heteroatoms. The summed E-state index contributed by atoms with van der Waals surface area (Å²) in [7, 11) is 4.51. The molecule has 0 fully saturated rings. The number of anilines is 1. The van der Waals surface area contributed by atoms with Gasteiger partial charge in [0.25, 0.3) is 11.6 Å². The van der Waals surface area contributed by atoms with E-state index in [1.165, 1.54) is 39.5 Å². The molecule has 2 N–H and O–H groups in total. The maximum atomic E-state index is 12.4. The van der Waals surface area contributed by atoms with Crippen LogP contribution in [0, 0.1) is 10.1 Å². The van der Waals surface area contributed by atoms with Crippen LogP contribution in [-0.2, 0) is 0 Å². The number of ether oxygens (including phenoxy) is 3. The number of carbonyl (C=O) groups is 1. The van der Waals surface area contributed by atoms with Crippen LogP contribution in [-0.4, -0.2) is 32.2 Å². The van der Waals surface area contributed by atoms with E-state index in [-0.39, 0.29) is 11.3 Å². The minimum atomic E-state index is -0.565. The molecule has 0 bridgehead atoms. The molecule has 1 aliphatic rings. The molecule has 2 aromatic carbocycles. The van der Waals surface area contributed by atoms with Crippen molar-refractivity contribution in [1.82, 2.24) is 5.32 Å². The van der Waals surface area contributed by atoms with E-state index in [1.807, 2.05) is 0 Å². The first-order valence-electron chi connectivity index (χ1n) is 7.64. The number of rotatable bonds is 5. The number of nitro benzene ring substituents is 1. The van der Waals surface area contributed by atoms with Gasteiger partial charge < -0.3 is 24.8 Å². The van der Waals surface area contributed by atoms with E-state index in [2.05, 4.69) is 10.6 Å². The standard InChI is InChI=1S/C17H17N3O6/c1-24-13-6-9(7-14(25-2)15(13)26-3)16-18-12-5-4-10(20(22)23)8-11(12)17(21)19-16/h4-8,16,18H,1-3H3,(H,19,21). The van der Waals surface area contributed by atoms with E-state index >= 15 is 0 Å². The number of methoxy groups -OCH3 is 3. The van der Waals surface area contributed by atoms with Gasteiger partial charge in [0.1, 0.15) is 6.17 Å². The number of carbonyl (C=O) groups excluding carboxylic acids is 1. The average molecular weight is 359 g/mol. The monoisotopic (exact) mass is 359 g/mol. The van der Waals surface area contributed by atoms with Crippen LogP contribution in [0.3, 0.4) is 0 Å². The minimum absolute atomic E-state index is 0.146. The third-order valence-electron chi connectivity index (χ3n) is 4.05. The smallest absolute Gasteiger partial charge is 0.270 e. The highest BCUT2D eigenvalue weighted by atomic mass is 16.6. The number of hydrogen-bond acceptors (Lipinski definition) is 7. The molecule has 0 aliphatic carbocycles. The second kappa shape index (κ2) is 6.79. The molecule has 0 saturated heterocycles. The van der Waals surface area contributed by atoms with Crippen molar-refractivity contribution in [2.75, 3.05) is 26.6 Å². The van der Waals surface area contributed by atoms with Gasteiger partial charge in [-0.1, -0.05) is 0 Å². The first-order chi connectivity index (χ1) is 12.5. The predicted octanol–water partition coefficient (Wildman–Crippen LogP) is 2.47. The summed E-state index contributed by atoms with van der Waals surface area (Å²) in [4.78, 5) is 22.8. The lowest BCUT2D eigenvalue weighted by molar-refractivity contribution is -0.384. The summed E-state index contributed by atoms with van der Waals surface area (Å²) in [5.74, 6) is 0.929. The van der Waals surface area contributed by atoms with Crippen molar-refractivity contribution in [3.05, 3.63) is 51.6 Å². The molecule has 0 spiro atoms. The minimum Gasteiger partial charge on any atom is -0.493 e. The molecule has 1 unspecified atom stereocenters. The van der Waals surface area contributed by atoms with Crippen molar-refractivity contribution in [1.29, 1.82) is 0 Å². The summed E-state index contributed by atoms with van der Waals surface area (Å²) in [6.07, 6.45) is -0.565. The Balaban J connectivity index is 1.99. The summed E-state index contributed by atoms with van der Waals surface area (Å²) in [6.45, 7) is 0. The Labute approximate surface area is 149 Å². The molecule has 3 rings (SSSR count). The van der Waals surface area contributed by atoms with E-state index in [0.717, 1.165) is 0 Å². The van der Waals surface area contributed by atoms with E-state index < -0.39 is 17.0 Å². The Hall–Kier alpha value is -3.49. The SMILES string of the molecule is COc1cc(C2NC(=O)c3cc([N+](=O)[O-])ccc3N2)cc(OC)c1OC. The van der Waals surface area contributed by atoms with E-state index in [1.54, 1.807) is 12.1 Å². The number of nitro groups is 1. The van der Waals surface area contributed by atoms with Gasteiger partial charge in [0.05, 0.1) is 31.8 Å². The van der Waals surface area contributed by atoms with Gasteiger partial charge >= 0.3 is 0 Å². The molecular formula is C17H17N3O6. The summed E-state index contributed by atoms with van der Waals surface area (Å²) < 4.78 is 15.9. The molecule has 136 valence electrons. The van der Waals surface area contributed by atoms with Gasteiger partial charge in [-0.25, -0.2) is 0 Å². The molecule has 1 amide bonds. The molecule has 0 aromatic heterocycles. The lowest BCUT2D eigenvalue weighted by Gasteiger charge is -2.28. The molecular weight excluding hydrogens is 342 g/mol. The van der Waals surface area contributed by atoms with Gasteiger partial charge in [0, 0.05) is 23.4 Å². The van der Waals surface area contributed by atoms with E-state index in [4.69, 9.17) is 14.2 Å². The second-order valence-corrected chi connectivity index (χ2v) is 5.50. The highest BCUT2D eigenvalue weighted by Gasteiger charge is 2.28. The zero-order valence-corrected chi connectivity index (χ0v) is 14.4. The largest absolute Gasteiger partial charge is 0.493 e. The Morgan fingerprint density at radius 2 is 1.65 bits per heavy atom. The highest BCUT2D eigenvalue weighted by molar-refractivity contribution is 6.02. The highest BCUT2D eigenvalue weighted by Crippen LogP contribution is 2.40. The third-order valence-corrected chi connectivity index (χ3v) is 4.05. The number of amides is 1. The maximum Gasteiger partial charge on any atom is 0.270 e. The molecule has 1 aliphatic heterocycles. The van der Waals surface area contributed by atoms with Crippen LogP contribution in [0.15, 0.2) is 30.3 Å². The van der Waals surface area contributed by atoms with E-state index in [0.29, 0.717) is 28.5 Å². The van der Waals surface area contributed by atoms with Crippen molar-refractivity contribution >= 4 is 17.3 Å². The topological polar surface area (TPSA) is 112 Å². The van der Waals surface area contributed by atoms with Crippen LogP contribution >= 0.6 is 0 Å². The summed E-state index contributed by atoms with van der Waals surface area (Å²) in [5, 5.41) is 16.8. The lowest BCUT2D eigenvalue weighted by atomic mass is 10.0. The first-order valence-corrected chi connectivity index (χ1v) is 7.64. The maximum absolute atomic E-state index is 12.4. The molecule has 26 heavy (non-hydrogen) atoms. The van der Waals surface area contributed by atoms with Crippen LogP contribution in [0.5, 0.6) is 17.2 Å². The Morgan fingerprint density at radius 1 is 1.00 bits per heavy atom. The van der Waals surface area contributed by atoms with Crippen molar-refractivity contribution in [2.45, 2.75) is 6.17 Å². The van der Waals surface area contributed by atoms with E-state index in [9.17, 15) is 14.9 Å². The van der Waals surface area contributed by atoms with Crippen LogP contribution in [0.1, 0.15) is 22.1 Å². The van der Waals surface area contributed by atoms with Gasteiger partial charge in [0.15, 0.2) is 11.5 Å². The fourth-order valence-electron chi connectivity index (χ4n) is 2.79. The molecule has 0 saturated carbocycles. The molecule has 0 radical (unpaired) electrons. The Morgan fingerprint density at radius 3 is 2.19 bits per heavy atom. The number of hydrogen-bond donors (Lipinski definition) is 2. The molecule has 2 aromatic rings. The van der Waals surface area contributed by atoms with Crippen LogP contribution < -0.4 is 24.8 Å². The average Bonchev–Trinajstić information content (AvgIpc) is 2.66.